The van der Waals surface area contributed by atoms with Crippen molar-refractivity contribution in [2.24, 2.45) is 5.92 Å². The minimum atomic E-state index is -0.119. The van der Waals surface area contributed by atoms with Gasteiger partial charge in [0.25, 0.3) is 5.56 Å². The first-order valence-electron chi connectivity index (χ1n) is 10.0. The fourth-order valence-corrected chi connectivity index (χ4v) is 3.68. The van der Waals surface area contributed by atoms with Crippen molar-refractivity contribution in [2.75, 3.05) is 13.1 Å². The molecule has 1 N–H and O–H groups in total. The second kappa shape index (κ2) is 8.52. The number of aromatic nitrogens is 4. The van der Waals surface area contributed by atoms with Crippen LogP contribution in [0.5, 0.6) is 0 Å². The summed E-state index contributed by atoms with van der Waals surface area (Å²) < 4.78 is 1.85. The molecule has 0 bridgehead atoms. The van der Waals surface area contributed by atoms with E-state index in [9.17, 15) is 4.79 Å². The molecule has 2 aromatic heterocycles. The molecule has 3 aromatic rings. The highest BCUT2D eigenvalue weighted by Crippen LogP contribution is 2.20. The summed E-state index contributed by atoms with van der Waals surface area (Å²) in [7, 11) is 0. The number of H-pyrrole nitrogens is 1. The highest BCUT2D eigenvalue weighted by Gasteiger charge is 2.15. The number of nitrogens with one attached hydrogen (secondary N) is 1. The maximum atomic E-state index is 12.1. The molecule has 0 radical (unpaired) electrons. The summed E-state index contributed by atoms with van der Waals surface area (Å²) in [6.45, 7) is 6.38. The Bertz CT molecular complexity index is 938. The van der Waals surface area contributed by atoms with Crippen LogP contribution in [0.25, 0.3) is 11.4 Å². The quantitative estimate of drug-likeness (QED) is 0.717. The molecule has 1 fully saturated rings. The fraction of sp³-hybridized carbons (Fsp3) is 0.409. The Morgan fingerprint density at radius 2 is 1.96 bits per heavy atom. The van der Waals surface area contributed by atoms with Gasteiger partial charge in [-0.3, -0.25) is 14.4 Å². The first kappa shape index (κ1) is 18.6. The van der Waals surface area contributed by atoms with E-state index in [4.69, 9.17) is 0 Å². The smallest absolute Gasteiger partial charge is 0.251 e. The van der Waals surface area contributed by atoms with Crippen LogP contribution in [0.3, 0.4) is 0 Å². The average Bonchev–Trinajstić information content (AvgIpc) is 3.22. The lowest BCUT2D eigenvalue weighted by Gasteiger charge is -2.30. The molecule has 0 atom stereocenters. The number of aryl methyl sites for hydroxylation is 2. The number of aromatic amines is 1. The number of hydrogen-bond acceptors (Lipinski definition) is 4. The van der Waals surface area contributed by atoms with Crippen molar-refractivity contribution in [3.63, 3.8) is 0 Å². The number of likely N-dealkylation sites (tertiary alicyclic amines) is 1. The van der Waals surface area contributed by atoms with Crippen LogP contribution in [0.15, 0.2) is 53.6 Å². The first-order chi connectivity index (χ1) is 13.7. The van der Waals surface area contributed by atoms with Crippen LogP contribution < -0.4 is 5.56 Å². The molecule has 3 heterocycles. The maximum absolute atomic E-state index is 12.1. The van der Waals surface area contributed by atoms with Gasteiger partial charge in [0.05, 0.1) is 5.69 Å². The molecule has 6 heteroatoms. The van der Waals surface area contributed by atoms with Gasteiger partial charge in [0.15, 0.2) is 0 Å². The third kappa shape index (κ3) is 4.75. The number of piperidine rings is 1. The summed E-state index contributed by atoms with van der Waals surface area (Å²) in [5.74, 6) is 1.48. The number of rotatable bonds is 6. The largest absolute Gasteiger partial charge is 0.307 e. The number of nitrogens with zero attached hydrogens (tertiary/aromatic N) is 4. The number of hydrogen-bond donors (Lipinski definition) is 1. The van der Waals surface area contributed by atoms with Crippen LogP contribution in [0.4, 0.5) is 0 Å². The maximum Gasteiger partial charge on any atom is 0.251 e. The molecule has 6 nitrogen and oxygen atoms in total. The summed E-state index contributed by atoms with van der Waals surface area (Å²) in [5, 5.41) is 4.19. The van der Waals surface area contributed by atoms with Gasteiger partial charge in [-0.2, -0.15) is 5.10 Å². The minimum Gasteiger partial charge on any atom is -0.307 e. The van der Waals surface area contributed by atoms with E-state index < -0.39 is 0 Å². The lowest BCUT2D eigenvalue weighted by molar-refractivity contribution is 0.185. The van der Waals surface area contributed by atoms with Crippen LogP contribution in [-0.4, -0.2) is 37.7 Å². The molecule has 146 valence electrons. The van der Waals surface area contributed by atoms with Crippen molar-refractivity contribution in [1.29, 1.82) is 0 Å². The third-order valence-electron chi connectivity index (χ3n) is 5.46. The van der Waals surface area contributed by atoms with Gasteiger partial charge in [-0.15, -0.1) is 0 Å². The van der Waals surface area contributed by atoms with Gasteiger partial charge >= 0.3 is 0 Å². The summed E-state index contributed by atoms with van der Waals surface area (Å²) in [6, 6.07) is 11.9. The molecule has 1 aliphatic heterocycles. The Morgan fingerprint density at radius 1 is 1.18 bits per heavy atom. The average molecular weight is 377 g/mol. The molecule has 0 unspecified atom stereocenters. The minimum absolute atomic E-state index is 0.119. The van der Waals surface area contributed by atoms with Crippen molar-refractivity contribution < 1.29 is 0 Å². The Morgan fingerprint density at radius 3 is 2.68 bits per heavy atom. The molecule has 4 rings (SSSR count). The molecule has 1 aliphatic rings. The van der Waals surface area contributed by atoms with E-state index in [1.165, 1.54) is 31.5 Å². The molecule has 1 aromatic carbocycles. The first-order valence-corrected chi connectivity index (χ1v) is 10.0. The zero-order valence-electron chi connectivity index (χ0n) is 16.3. The zero-order valence-corrected chi connectivity index (χ0v) is 16.3. The standard InChI is InChI=1S/C22H27N5O/c1-17-7-12-26(13-8-17)16-18-3-5-19(6-4-18)22-24-20(15-21(28)25-22)9-14-27-11-2-10-23-27/h2-6,10-11,15,17H,7-9,12-14,16H2,1H3,(H,24,25,28). The summed E-state index contributed by atoms with van der Waals surface area (Å²) in [6.07, 6.45) is 6.91. The second-order valence-electron chi connectivity index (χ2n) is 7.76. The molecular weight excluding hydrogens is 350 g/mol. The highest BCUT2D eigenvalue weighted by atomic mass is 16.1. The molecule has 28 heavy (non-hydrogen) atoms. The van der Waals surface area contributed by atoms with E-state index in [-0.39, 0.29) is 5.56 Å². The molecule has 0 saturated carbocycles. The molecular formula is C22H27N5O. The van der Waals surface area contributed by atoms with Crippen molar-refractivity contribution >= 4 is 0 Å². The van der Waals surface area contributed by atoms with E-state index in [2.05, 4.69) is 51.2 Å². The Labute approximate surface area is 165 Å². The van der Waals surface area contributed by atoms with Gasteiger partial charge in [-0.05, 0) is 43.5 Å². The predicted octanol–water partition coefficient (Wildman–Crippen LogP) is 3.11. The normalized spacial score (nSPS) is 15.8. The highest BCUT2D eigenvalue weighted by molar-refractivity contribution is 5.55. The van der Waals surface area contributed by atoms with Gasteiger partial charge in [-0.25, -0.2) is 4.98 Å². The lowest BCUT2D eigenvalue weighted by atomic mass is 9.99. The van der Waals surface area contributed by atoms with Gasteiger partial charge in [0.1, 0.15) is 5.82 Å². The molecule has 0 aliphatic carbocycles. The van der Waals surface area contributed by atoms with Crippen molar-refractivity contribution in [2.45, 2.75) is 39.3 Å². The monoisotopic (exact) mass is 377 g/mol. The van der Waals surface area contributed by atoms with Gasteiger partial charge in [0, 0.05) is 43.5 Å². The van der Waals surface area contributed by atoms with Crippen LogP contribution in [0.2, 0.25) is 0 Å². The van der Waals surface area contributed by atoms with Gasteiger partial charge in [0.2, 0.25) is 0 Å². The summed E-state index contributed by atoms with van der Waals surface area (Å²) >= 11 is 0. The Balaban J connectivity index is 1.44. The van der Waals surface area contributed by atoms with E-state index in [0.29, 0.717) is 18.8 Å². The molecule has 0 spiro atoms. The van der Waals surface area contributed by atoms with Crippen molar-refractivity contribution in [3.8, 4) is 11.4 Å². The number of benzene rings is 1. The Hall–Kier alpha value is -2.73. The predicted molar refractivity (Wildman–Crippen MR) is 110 cm³/mol. The van der Waals surface area contributed by atoms with Crippen molar-refractivity contribution in [3.05, 3.63) is 70.4 Å². The van der Waals surface area contributed by atoms with E-state index >= 15 is 0 Å². The van der Waals surface area contributed by atoms with Crippen LogP contribution in [-0.2, 0) is 19.5 Å². The second-order valence-corrected chi connectivity index (χ2v) is 7.76. The van der Waals surface area contributed by atoms with Gasteiger partial charge < -0.3 is 4.98 Å². The lowest BCUT2D eigenvalue weighted by Crippen LogP contribution is -2.32. The van der Waals surface area contributed by atoms with E-state index in [1.54, 1.807) is 12.3 Å². The summed E-state index contributed by atoms with van der Waals surface area (Å²) in [4.78, 5) is 22.1. The van der Waals surface area contributed by atoms with Crippen LogP contribution >= 0.6 is 0 Å². The van der Waals surface area contributed by atoms with Gasteiger partial charge in [-0.1, -0.05) is 31.2 Å². The topological polar surface area (TPSA) is 66.8 Å². The summed E-state index contributed by atoms with van der Waals surface area (Å²) in [5.41, 5.74) is 2.90. The van der Waals surface area contributed by atoms with E-state index in [1.807, 2.05) is 16.9 Å². The fourth-order valence-electron chi connectivity index (χ4n) is 3.68. The van der Waals surface area contributed by atoms with E-state index in [0.717, 1.165) is 23.7 Å². The van der Waals surface area contributed by atoms with Crippen LogP contribution in [0, 0.1) is 5.92 Å². The molecule has 1 saturated heterocycles. The molecule has 0 amide bonds. The van der Waals surface area contributed by atoms with Crippen molar-refractivity contribution in [1.82, 2.24) is 24.6 Å². The third-order valence-corrected chi connectivity index (χ3v) is 5.46. The van der Waals surface area contributed by atoms with Crippen LogP contribution in [0.1, 0.15) is 31.0 Å². The SMILES string of the molecule is CC1CCN(Cc2ccc(-c3nc(CCn4cccn4)cc(=O)[nH]3)cc2)CC1. The zero-order chi connectivity index (χ0) is 19.3. The Kier molecular flexibility index (Phi) is 5.67.